The highest BCUT2D eigenvalue weighted by Gasteiger charge is 1.90. The summed E-state index contributed by atoms with van der Waals surface area (Å²) >= 11 is 0. The van der Waals surface area contributed by atoms with Gasteiger partial charge in [0.2, 0.25) is 0 Å². The lowest BCUT2D eigenvalue weighted by atomic mass is 10.2. The molecule has 0 radical (unpaired) electrons. The summed E-state index contributed by atoms with van der Waals surface area (Å²) in [7, 11) is 2.00. The highest BCUT2D eigenvalue weighted by molar-refractivity contribution is 4.64. The van der Waals surface area contributed by atoms with Crippen LogP contribution in [0.2, 0.25) is 0 Å². The largest absolute Gasteiger partial charge is 0.381 e. The molecule has 0 saturated carbocycles. The molecular formula is C12H25NO. The summed E-state index contributed by atoms with van der Waals surface area (Å²) in [5.41, 5.74) is 0. The standard InChI is InChI=1S/C12H25NO/c1-3-4-8-11-14-12-9-6-5-7-10-13-2/h3,13H,1,4-12H2,2H3. The molecule has 0 saturated heterocycles. The molecule has 2 heteroatoms. The predicted molar refractivity (Wildman–Crippen MR) is 62.6 cm³/mol. The molecule has 84 valence electrons. The van der Waals surface area contributed by atoms with Crippen LogP contribution >= 0.6 is 0 Å². The second-order valence-corrected chi connectivity index (χ2v) is 3.56. The summed E-state index contributed by atoms with van der Waals surface area (Å²) in [5.74, 6) is 0. The van der Waals surface area contributed by atoms with Crippen molar-refractivity contribution in [2.24, 2.45) is 0 Å². The molecule has 0 aromatic rings. The average Bonchev–Trinajstić information content (AvgIpc) is 2.21. The van der Waals surface area contributed by atoms with E-state index in [2.05, 4.69) is 11.9 Å². The third-order valence-electron chi connectivity index (χ3n) is 2.16. The first kappa shape index (κ1) is 13.7. The molecule has 0 rings (SSSR count). The Kier molecular flexibility index (Phi) is 12.4. The Morgan fingerprint density at radius 3 is 2.50 bits per heavy atom. The number of ether oxygens (including phenoxy) is 1. The summed E-state index contributed by atoms with van der Waals surface area (Å²) in [6, 6.07) is 0. The summed E-state index contributed by atoms with van der Waals surface area (Å²) in [6.45, 7) is 6.63. The van der Waals surface area contributed by atoms with Gasteiger partial charge in [-0.25, -0.2) is 0 Å². The monoisotopic (exact) mass is 199 g/mol. The molecule has 0 aliphatic heterocycles. The van der Waals surface area contributed by atoms with E-state index in [0.717, 1.165) is 32.6 Å². The van der Waals surface area contributed by atoms with Gasteiger partial charge in [-0.3, -0.25) is 0 Å². The van der Waals surface area contributed by atoms with Crippen LogP contribution in [0.5, 0.6) is 0 Å². The van der Waals surface area contributed by atoms with Gasteiger partial charge in [-0.15, -0.1) is 6.58 Å². The van der Waals surface area contributed by atoms with Crippen molar-refractivity contribution in [3.63, 3.8) is 0 Å². The predicted octanol–water partition coefficient (Wildman–Crippen LogP) is 2.75. The van der Waals surface area contributed by atoms with E-state index in [4.69, 9.17) is 4.74 Å². The van der Waals surface area contributed by atoms with Gasteiger partial charge in [0.1, 0.15) is 0 Å². The third-order valence-corrected chi connectivity index (χ3v) is 2.16. The maximum Gasteiger partial charge on any atom is 0.0468 e. The zero-order chi connectivity index (χ0) is 10.5. The Morgan fingerprint density at radius 2 is 1.79 bits per heavy atom. The lowest BCUT2D eigenvalue weighted by Gasteiger charge is -2.03. The third kappa shape index (κ3) is 11.7. The van der Waals surface area contributed by atoms with E-state index in [1.807, 2.05) is 13.1 Å². The molecule has 0 aromatic heterocycles. The van der Waals surface area contributed by atoms with E-state index in [-0.39, 0.29) is 0 Å². The van der Waals surface area contributed by atoms with Crippen molar-refractivity contribution >= 4 is 0 Å². The van der Waals surface area contributed by atoms with Crippen molar-refractivity contribution in [2.45, 2.75) is 38.5 Å². The molecule has 0 aliphatic carbocycles. The summed E-state index contributed by atoms with van der Waals surface area (Å²) < 4.78 is 5.48. The van der Waals surface area contributed by atoms with Gasteiger partial charge < -0.3 is 10.1 Å². The van der Waals surface area contributed by atoms with Crippen LogP contribution in [0.3, 0.4) is 0 Å². The van der Waals surface area contributed by atoms with E-state index in [1.165, 1.54) is 25.7 Å². The van der Waals surface area contributed by atoms with E-state index in [9.17, 15) is 0 Å². The van der Waals surface area contributed by atoms with Crippen molar-refractivity contribution < 1.29 is 4.74 Å². The Morgan fingerprint density at radius 1 is 1.07 bits per heavy atom. The number of hydrogen-bond donors (Lipinski definition) is 1. The average molecular weight is 199 g/mol. The van der Waals surface area contributed by atoms with Gasteiger partial charge >= 0.3 is 0 Å². The smallest absolute Gasteiger partial charge is 0.0468 e. The molecule has 0 atom stereocenters. The fourth-order valence-electron chi connectivity index (χ4n) is 1.29. The molecule has 0 aromatic carbocycles. The Hall–Kier alpha value is -0.340. The van der Waals surface area contributed by atoms with Crippen molar-refractivity contribution in [2.75, 3.05) is 26.8 Å². The fourth-order valence-corrected chi connectivity index (χ4v) is 1.29. The molecular weight excluding hydrogens is 174 g/mol. The maximum absolute atomic E-state index is 5.48. The number of unbranched alkanes of at least 4 members (excludes halogenated alkanes) is 4. The second kappa shape index (κ2) is 12.7. The number of rotatable bonds is 11. The number of hydrogen-bond acceptors (Lipinski definition) is 2. The quantitative estimate of drug-likeness (QED) is 0.408. The van der Waals surface area contributed by atoms with Crippen LogP contribution in [0.4, 0.5) is 0 Å². The molecule has 0 bridgehead atoms. The van der Waals surface area contributed by atoms with Gasteiger partial charge in [0, 0.05) is 13.2 Å². The van der Waals surface area contributed by atoms with E-state index in [1.54, 1.807) is 0 Å². The van der Waals surface area contributed by atoms with Crippen molar-refractivity contribution in [3.05, 3.63) is 12.7 Å². The second-order valence-electron chi connectivity index (χ2n) is 3.56. The lowest BCUT2D eigenvalue weighted by Crippen LogP contribution is -2.07. The van der Waals surface area contributed by atoms with Gasteiger partial charge in [-0.1, -0.05) is 18.9 Å². The van der Waals surface area contributed by atoms with Crippen LogP contribution in [-0.4, -0.2) is 26.8 Å². The molecule has 1 N–H and O–H groups in total. The van der Waals surface area contributed by atoms with Gasteiger partial charge in [-0.2, -0.15) is 0 Å². The lowest BCUT2D eigenvalue weighted by molar-refractivity contribution is 0.128. The topological polar surface area (TPSA) is 21.3 Å². The van der Waals surface area contributed by atoms with Gasteiger partial charge in [0.15, 0.2) is 0 Å². The van der Waals surface area contributed by atoms with E-state index in [0.29, 0.717) is 0 Å². The Bertz CT molecular complexity index is 115. The van der Waals surface area contributed by atoms with Crippen LogP contribution in [0.1, 0.15) is 38.5 Å². The fraction of sp³-hybridized carbons (Fsp3) is 0.833. The maximum atomic E-state index is 5.48. The first-order valence-electron chi connectivity index (χ1n) is 5.75. The minimum Gasteiger partial charge on any atom is -0.381 e. The van der Waals surface area contributed by atoms with Gasteiger partial charge in [-0.05, 0) is 39.3 Å². The van der Waals surface area contributed by atoms with Crippen LogP contribution in [0, 0.1) is 0 Å². The molecule has 0 aliphatic rings. The normalized spacial score (nSPS) is 10.4. The van der Waals surface area contributed by atoms with E-state index >= 15 is 0 Å². The van der Waals surface area contributed by atoms with Crippen molar-refractivity contribution in [1.29, 1.82) is 0 Å². The zero-order valence-electron chi connectivity index (χ0n) is 9.56. The molecule has 0 heterocycles. The highest BCUT2D eigenvalue weighted by Crippen LogP contribution is 2.00. The Labute approximate surface area is 88.7 Å². The Balaban J connectivity index is 2.81. The van der Waals surface area contributed by atoms with Gasteiger partial charge in [0.05, 0.1) is 0 Å². The minimum atomic E-state index is 0.891. The zero-order valence-corrected chi connectivity index (χ0v) is 9.56. The minimum absolute atomic E-state index is 0.891. The number of allylic oxidation sites excluding steroid dienone is 1. The summed E-state index contributed by atoms with van der Waals surface area (Å²) in [4.78, 5) is 0. The summed E-state index contributed by atoms with van der Waals surface area (Å²) in [6.07, 6.45) is 9.23. The molecule has 14 heavy (non-hydrogen) atoms. The van der Waals surface area contributed by atoms with E-state index < -0.39 is 0 Å². The van der Waals surface area contributed by atoms with Crippen molar-refractivity contribution in [3.8, 4) is 0 Å². The summed E-state index contributed by atoms with van der Waals surface area (Å²) in [5, 5.41) is 3.15. The van der Waals surface area contributed by atoms with Crippen LogP contribution in [0.25, 0.3) is 0 Å². The molecule has 0 unspecified atom stereocenters. The SMILES string of the molecule is C=CCCCOCCCCCCNC. The van der Waals surface area contributed by atoms with Crippen LogP contribution in [-0.2, 0) is 4.74 Å². The molecule has 0 amide bonds. The first-order chi connectivity index (χ1) is 6.91. The van der Waals surface area contributed by atoms with Crippen LogP contribution in [0.15, 0.2) is 12.7 Å². The molecule has 0 fully saturated rings. The van der Waals surface area contributed by atoms with Crippen LogP contribution < -0.4 is 5.32 Å². The molecule has 0 spiro atoms. The van der Waals surface area contributed by atoms with Crippen molar-refractivity contribution in [1.82, 2.24) is 5.32 Å². The first-order valence-corrected chi connectivity index (χ1v) is 5.75. The highest BCUT2D eigenvalue weighted by atomic mass is 16.5. The molecule has 2 nitrogen and oxygen atoms in total. The number of nitrogens with one attached hydrogen (secondary N) is 1. The van der Waals surface area contributed by atoms with Gasteiger partial charge in [0.25, 0.3) is 0 Å².